The summed E-state index contributed by atoms with van der Waals surface area (Å²) in [5, 5.41) is 2.88. The maximum atomic E-state index is 11.7. The van der Waals surface area contributed by atoms with Crippen molar-refractivity contribution in [3.8, 4) is 0 Å². The fourth-order valence-corrected chi connectivity index (χ4v) is 1.60. The summed E-state index contributed by atoms with van der Waals surface area (Å²) in [6.07, 6.45) is 4.07. The zero-order valence-electron chi connectivity index (χ0n) is 12.0. The number of carbonyl (C=O) groups is 1. The standard InChI is InChI=1S/C14H28N2O2/c1-5-10-18-12(2)11-16-13(17)6-7-14(3,4)8-9-15/h5,12H,1,6-11,15H2,2-4H3,(H,16,17). The van der Waals surface area contributed by atoms with E-state index in [0.717, 1.165) is 12.8 Å². The molecule has 0 saturated carbocycles. The summed E-state index contributed by atoms with van der Waals surface area (Å²) in [6.45, 7) is 11.5. The molecule has 0 radical (unpaired) electrons. The molecule has 0 aliphatic rings. The van der Waals surface area contributed by atoms with Crippen molar-refractivity contribution in [1.82, 2.24) is 5.32 Å². The summed E-state index contributed by atoms with van der Waals surface area (Å²) in [7, 11) is 0. The third-order valence-electron chi connectivity index (χ3n) is 2.94. The summed E-state index contributed by atoms with van der Waals surface area (Å²) in [4.78, 5) is 11.7. The zero-order chi connectivity index (χ0) is 14.0. The van der Waals surface area contributed by atoms with Gasteiger partial charge in [0.2, 0.25) is 5.91 Å². The predicted molar refractivity (Wildman–Crippen MR) is 75.3 cm³/mol. The van der Waals surface area contributed by atoms with Gasteiger partial charge in [-0.15, -0.1) is 6.58 Å². The average Bonchev–Trinajstić information content (AvgIpc) is 2.31. The normalized spacial score (nSPS) is 13.1. The number of hydrogen-bond donors (Lipinski definition) is 2. The number of carbonyl (C=O) groups excluding carboxylic acids is 1. The number of nitrogens with two attached hydrogens (primary N) is 1. The van der Waals surface area contributed by atoms with Crippen LogP contribution in [0.3, 0.4) is 0 Å². The number of ether oxygens (including phenoxy) is 1. The molecule has 0 aromatic carbocycles. The SMILES string of the molecule is C=CCOC(C)CNC(=O)CCC(C)(C)CCN. The first kappa shape index (κ1) is 17.1. The molecule has 0 aliphatic carbocycles. The Hall–Kier alpha value is -0.870. The molecule has 0 rings (SSSR count). The van der Waals surface area contributed by atoms with Crippen LogP contribution in [-0.4, -0.2) is 31.7 Å². The Bertz CT molecular complexity index is 252. The van der Waals surface area contributed by atoms with E-state index in [0.29, 0.717) is 26.1 Å². The van der Waals surface area contributed by atoms with E-state index in [1.54, 1.807) is 6.08 Å². The zero-order valence-corrected chi connectivity index (χ0v) is 12.0. The number of rotatable bonds is 10. The lowest BCUT2D eigenvalue weighted by molar-refractivity contribution is -0.122. The first-order chi connectivity index (χ1) is 8.41. The van der Waals surface area contributed by atoms with Crippen molar-refractivity contribution in [3.63, 3.8) is 0 Å². The van der Waals surface area contributed by atoms with Gasteiger partial charge in [0.15, 0.2) is 0 Å². The van der Waals surface area contributed by atoms with Gasteiger partial charge in [-0.05, 0) is 31.7 Å². The Labute approximate surface area is 111 Å². The molecule has 4 heteroatoms. The average molecular weight is 256 g/mol. The first-order valence-corrected chi connectivity index (χ1v) is 6.60. The van der Waals surface area contributed by atoms with Crippen LogP contribution in [0, 0.1) is 5.41 Å². The van der Waals surface area contributed by atoms with Crippen LogP contribution in [0.4, 0.5) is 0 Å². The van der Waals surface area contributed by atoms with Crippen molar-refractivity contribution in [2.24, 2.45) is 11.1 Å². The van der Waals surface area contributed by atoms with Crippen molar-refractivity contribution in [3.05, 3.63) is 12.7 Å². The molecule has 0 heterocycles. The molecule has 3 N–H and O–H groups in total. The van der Waals surface area contributed by atoms with E-state index < -0.39 is 0 Å². The van der Waals surface area contributed by atoms with Crippen LogP contribution in [0.5, 0.6) is 0 Å². The van der Waals surface area contributed by atoms with Crippen LogP contribution in [0.1, 0.15) is 40.0 Å². The quantitative estimate of drug-likeness (QED) is 0.586. The minimum absolute atomic E-state index is 0.0176. The van der Waals surface area contributed by atoms with Gasteiger partial charge in [0.25, 0.3) is 0 Å². The molecule has 0 saturated heterocycles. The van der Waals surface area contributed by atoms with Crippen molar-refractivity contribution < 1.29 is 9.53 Å². The Morgan fingerprint density at radius 1 is 1.50 bits per heavy atom. The number of nitrogens with one attached hydrogen (secondary N) is 1. The number of hydrogen-bond acceptors (Lipinski definition) is 3. The van der Waals surface area contributed by atoms with Crippen molar-refractivity contribution in [2.75, 3.05) is 19.7 Å². The Kier molecular flexibility index (Phi) is 8.67. The van der Waals surface area contributed by atoms with E-state index in [2.05, 4.69) is 25.7 Å². The third-order valence-corrected chi connectivity index (χ3v) is 2.94. The molecule has 4 nitrogen and oxygen atoms in total. The predicted octanol–water partition coefficient (Wildman–Crippen LogP) is 1.85. The fourth-order valence-electron chi connectivity index (χ4n) is 1.60. The van der Waals surface area contributed by atoms with Crippen LogP contribution >= 0.6 is 0 Å². The Morgan fingerprint density at radius 2 is 2.17 bits per heavy atom. The lowest BCUT2D eigenvalue weighted by Gasteiger charge is -2.23. The molecule has 1 amide bonds. The molecule has 0 aromatic rings. The second-order valence-electron chi connectivity index (χ2n) is 5.44. The summed E-state index contributed by atoms with van der Waals surface area (Å²) >= 11 is 0. The fraction of sp³-hybridized carbons (Fsp3) is 0.786. The molecule has 0 aliphatic heterocycles. The van der Waals surface area contributed by atoms with E-state index in [4.69, 9.17) is 10.5 Å². The Morgan fingerprint density at radius 3 is 2.72 bits per heavy atom. The van der Waals surface area contributed by atoms with Gasteiger partial charge in [0.05, 0.1) is 12.7 Å². The van der Waals surface area contributed by atoms with Gasteiger partial charge in [-0.2, -0.15) is 0 Å². The molecule has 0 bridgehead atoms. The van der Waals surface area contributed by atoms with Crippen LogP contribution < -0.4 is 11.1 Å². The lowest BCUT2D eigenvalue weighted by Crippen LogP contribution is -2.32. The number of amides is 1. The molecule has 0 fully saturated rings. The second-order valence-corrected chi connectivity index (χ2v) is 5.44. The molecule has 1 atom stereocenters. The smallest absolute Gasteiger partial charge is 0.220 e. The maximum absolute atomic E-state index is 11.7. The van der Waals surface area contributed by atoms with E-state index >= 15 is 0 Å². The van der Waals surface area contributed by atoms with Gasteiger partial charge < -0.3 is 15.8 Å². The molecular weight excluding hydrogens is 228 g/mol. The molecular formula is C14H28N2O2. The minimum Gasteiger partial charge on any atom is -0.373 e. The largest absolute Gasteiger partial charge is 0.373 e. The van der Waals surface area contributed by atoms with E-state index in [1.165, 1.54) is 0 Å². The van der Waals surface area contributed by atoms with E-state index in [1.807, 2.05) is 6.92 Å². The summed E-state index contributed by atoms with van der Waals surface area (Å²) in [5.41, 5.74) is 5.68. The lowest BCUT2D eigenvalue weighted by atomic mass is 9.84. The summed E-state index contributed by atoms with van der Waals surface area (Å²) in [6, 6.07) is 0. The monoisotopic (exact) mass is 256 g/mol. The third kappa shape index (κ3) is 9.19. The summed E-state index contributed by atoms with van der Waals surface area (Å²) < 4.78 is 5.38. The first-order valence-electron chi connectivity index (χ1n) is 6.60. The summed E-state index contributed by atoms with van der Waals surface area (Å²) in [5.74, 6) is 0.0779. The highest BCUT2D eigenvalue weighted by molar-refractivity contribution is 5.75. The highest BCUT2D eigenvalue weighted by atomic mass is 16.5. The van der Waals surface area contributed by atoms with Gasteiger partial charge in [-0.25, -0.2) is 0 Å². The van der Waals surface area contributed by atoms with Crippen LogP contribution in [0.2, 0.25) is 0 Å². The van der Waals surface area contributed by atoms with Crippen LogP contribution in [0.25, 0.3) is 0 Å². The van der Waals surface area contributed by atoms with Gasteiger partial charge in [-0.3, -0.25) is 4.79 Å². The minimum atomic E-state index is 0.0176. The van der Waals surface area contributed by atoms with Crippen molar-refractivity contribution >= 4 is 5.91 Å². The molecule has 106 valence electrons. The topological polar surface area (TPSA) is 64.3 Å². The van der Waals surface area contributed by atoms with Gasteiger partial charge in [0, 0.05) is 13.0 Å². The maximum Gasteiger partial charge on any atom is 0.220 e. The van der Waals surface area contributed by atoms with E-state index in [9.17, 15) is 4.79 Å². The van der Waals surface area contributed by atoms with Crippen molar-refractivity contribution in [2.45, 2.75) is 46.1 Å². The second kappa shape index (κ2) is 9.11. The van der Waals surface area contributed by atoms with E-state index in [-0.39, 0.29) is 17.4 Å². The van der Waals surface area contributed by atoms with Gasteiger partial charge in [-0.1, -0.05) is 19.9 Å². The molecule has 1 unspecified atom stereocenters. The van der Waals surface area contributed by atoms with Gasteiger partial charge >= 0.3 is 0 Å². The van der Waals surface area contributed by atoms with Crippen LogP contribution in [-0.2, 0) is 9.53 Å². The Balaban J connectivity index is 3.74. The van der Waals surface area contributed by atoms with Crippen molar-refractivity contribution in [1.29, 1.82) is 0 Å². The highest BCUT2D eigenvalue weighted by Crippen LogP contribution is 2.25. The molecule has 18 heavy (non-hydrogen) atoms. The molecule has 0 aromatic heterocycles. The van der Waals surface area contributed by atoms with Gasteiger partial charge in [0.1, 0.15) is 0 Å². The molecule has 0 spiro atoms. The highest BCUT2D eigenvalue weighted by Gasteiger charge is 2.18. The van der Waals surface area contributed by atoms with Crippen LogP contribution in [0.15, 0.2) is 12.7 Å².